The highest BCUT2D eigenvalue weighted by Gasteiger charge is 2.13. The standard InChI is InChI=1S/C10H6BrClN2O2/c1-16-10(15)6-2-5(11)3-7-9(6)13-4-8(12)14-7/h2-4H,1H3. The summed E-state index contributed by atoms with van der Waals surface area (Å²) in [6, 6.07) is 3.37. The zero-order chi connectivity index (χ0) is 11.7. The minimum absolute atomic E-state index is 0.279. The maximum absolute atomic E-state index is 11.5. The summed E-state index contributed by atoms with van der Waals surface area (Å²) in [5.41, 5.74) is 1.37. The summed E-state index contributed by atoms with van der Waals surface area (Å²) in [5.74, 6) is -0.456. The van der Waals surface area contributed by atoms with Crippen LogP contribution in [0.4, 0.5) is 0 Å². The van der Waals surface area contributed by atoms with Crippen LogP contribution in [-0.2, 0) is 4.74 Å². The normalized spacial score (nSPS) is 10.4. The van der Waals surface area contributed by atoms with Gasteiger partial charge in [0.25, 0.3) is 0 Å². The smallest absolute Gasteiger partial charge is 0.340 e. The number of carbonyl (C=O) groups excluding carboxylic acids is 1. The lowest BCUT2D eigenvalue weighted by molar-refractivity contribution is 0.0602. The number of halogens is 2. The lowest BCUT2D eigenvalue weighted by atomic mass is 10.2. The predicted octanol–water partition coefficient (Wildman–Crippen LogP) is 2.83. The summed E-state index contributed by atoms with van der Waals surface area (Å²) in [6.07, 6.45) is 1.39. The molecule has 0 fully saturated rings. The topological polar surface area (TPSA) is 52.1 Å². The van der Waals surface area contributed by atoms with Crippen LogP contribution in [0.15, 0.2) is 22.8 Å². The molecule has 0 unspecified atom stereocenters. The second kappa shape index (κ2) is 4.35. The van der Waals surface area contributed by atoms with Crippen molar-refractivity contribution in [3.05, 3.63) is 33.5 Å². The Morgan fingerprint density at radius 1 is 1.50 bits per heavy atom. The van der Waals surface area contributed by atoms with Crippen molar-refractivity contribution >= 4 is 44.5 Å². The molecule has 0 bridgehead atoms. The van der Waals surface area contributed by atoms with E-state index >= 15 is 0 Å². The molecule has 0 N–H and O–H groups in total. The first-order valence-electron chi connectivity index (χ1n) is 4.32. The van der Waals surface area contributed by atoms with Crippen LogP contribution in [0.5, 0.6) is 0 Å². The molecular weight excluding hydrogens is 295 g/mol. The van der Waals surface area contributed by atoms with Gasteiger partial charge in [0.05, 0.1) is 24.4 Å². The monoisotopic (exact) mass is 300 g/mol. The molecular formula is C10H6BrClN2O2. The molecule has 4 nitrogen and oxygen atoms in total. The summed E-state index contributed by atoms with van der Waals surface area (Å²) >= 11 is 9.02. The Bertz CT molecular complexity index is 569. The third-order valence-corrected chi connectivity index (χ3v) is 2.63. The van der Waals surface area contributed by atoms with Crippen molar-refractivity contribution < 1.29 is 9.53 Å². The van der Waals surface area contributed by atoms with E-state index in [9.17, 15) is 4.79 Å². The molecule has 0 aliphatic rings. The number of fused-ring (bicyclic) bond motifs is 1. The summed E-state index contributed by atoms with van der Waals surface area (Å²) < 4.78 is 5.39. The minimum atomic E-state index is -0.456. The summed E-state index contributed by atoms with van der Waals surface area (Å²) in [4.78, 5) is 19.7. The third-order valence-electron chi connectivity index (χ3n) is 1.99. The van der Waals surface area contributed by atoms with Gasteiger partial charge in [-0.1, -0.05) is 27.5 Å². The van der Waals surface area contributed by atoms with E-state index in [4.69, 9.17) is 11.6 Å². The fourth-order valence-corrected chi connectivity index (χ4v) is 1.92. The van der Waals surface area contributed by atoms with E-state index < -0.39 is 5.97 Å². The van der Waals surface area contributed by atoms with Crippen LogP contribution in [0, 0.1) is 0 Å². The molecule has 16 heavy (non-hydrogen) atoms. The second-order valence-corrected chi connectivity index (χ2v) is 4.31. The van der Waals surface area contributed by atoms with Crippen molar-refractivity contribution in [3.8, 4) is 0 Å². The number of rotatable bonds is 1. The number of methoxy groups -OCH3 is 1. The molecule has 0 spiro atoms. The van der Waals surface area contributed by atoms with Gasteiger partial charge in [-0.3, -0.25) is 4.98 Å². The molecule has 0 atom stereocenters. The zero-order valence-corrected chi connectivity index (χ0v) is 10.5. The highest BCUT2D eigenvalue weighted by atomic mass is 79.9. The van der Waals surface area contributed by atoms with Crippen molar-refractivity contribution in [3.63, 3.8) is 0 Å². The molecule has 0 aliphatic heterocycles. The first-order chi connectivity index (χ1) is 7.61. The van der Waals surface area contributed by atoms with Gasteiger partial charge in [0.2, 0.25) is 0 Å². The molecule has 0 saturated heterocycles. The Balaban J connectivity index is 2.77. The number of esters is 1. The van der Waals surface area contributed by atoms with Crippen LogP contribution in [0.2, 0.25) is 5.15 Å². The number of carbonyl (C=O) groups is 1. The number of hydrogen-bond acceptors (Lipinski definition) is 4. The first kappa shape index (κ1) is 11.3. The van der Waals surface area contributed by atoms with Crippen molar-refractivity contribution in [1.29, 1.82) is 0 Å². The van der Waals surface area contributed by atoms with E-state index in [1.54, 1.807) is 12.1 Å². The van der Waals surface area contributed by atoms with Gasteiger partial charge in [0.1, 0.15) is 10.7 Å². The van der Waals surface area contributed by atoms with E-state index in [1.165, 1.54) is 13.3 Å². The molecule has 2 rings (SSSR count). The Morgan fingerprint density at radius 3 is 2.94 bits per heavy atom. The first-order valence-corrected chi connectivity index (χ1v) is 5.49. The predicted molar refractivity (Wildman–Crippen MR) is 63.6 cm³/mol. The fourth-order valence-electron chi connectivity index (χ4n) is 1.33. The third kappa shape index (κ3) is 2.01. The summed E-state index contributed by atoms with van der Waals surface area (Å²) in [5, 5.41) is 0.279. The lowest BCUT2D eigenvalue weighted by Gasteiger charge is -2.04. The van der Waals surface area contributed by atoms with Crippen LogP contribution in [0.1, 0.15) is 10.4 Å². The SMILES string of the molecule is COC(=O)c1cc(Br)cc2nc(Cl)cnc12. The molecule has 1 aromatic carbocycles. The molecule has 82 valence electrons. The van der Waals surface area contributed by atoms with Gasteiger partial charge in [0.15, 0.2) is 0 Å². The van der Waals surface area contributed by atoms with Gasteiger partial charge in [-0.15, -0.1) is 0 Å². The van der Waals surface area contributed by atoms with Gasteiger partial charge in [-0.2, -0.15) is 0 Å². The molecule has 0 radical (unpaired) electrons. The van der Waals surface area contributed by atoms with Crippen LogP contribution >= 0.6 is 27.5 Å². The molecule has 0 aliphatic carbocycles. The molecule has 0 saturated carbocycles. The quantitative estimate of drug-likeness (QED) is 0.760. The molecule has 0 amide bonds. The van der Waals surface area contributed by atoms with Crippen molar-refractivity contribution in [2.24, 2.45) is 0 Å². The number of hydrogen-bond donors (Lipinski definition) is 0. The van der Waals surface area contributed by atoms with Crippen LogP contribution in [-0.4, -0.2) is 23.0 Å². The molecule has 1 heterocycles. The average Bonchev–Trinajstić information content (AvgIpc) is 2.26. The van der Waals surface area contributed by atoms with Gasteiger partial charge in [-0.05, 0) is 12.1 Å². The van der Waals surface area contributed by atoms with Gasteiger partial charge in [-0.25, -0.2) is 9.78 Å². The maximum Gasteiger partial charge on any atom is 0.340 e. The summed E-state index contributed by atoms with van der Waals surface area (Å²) in [7, 11) is 1.32. The van der Waals surface area contributed by atoms with E-state index in [1.807, 2.05) is 0 Å². The zero-order valence-electron chi connectivity index (χ0n) is 8.20. The second-order valence-electron chi connectivity index (χ2n) is 3.01. The minimum Gasteiger partial charge on any atom is -0.465 e. The van der Waals surface area contributed by atoms with Gasteiger partial charge < -0.3 is 4.74 Å². The lowest BCUT2D eigenvalue weighted by Crippen LogP contribution is -2.03. The summed E-state index contributed by atoms with van der Waals surface area (Å²) in [6.45, 7) is 0. The van der Waals surface area contributed by atoms with Crippen molar-refractivity contribution in [1.82, 2.24) is 9.97 Å². The Kier molecular flexibility index (Phi) is 3.07. The largest absolute Gasteiger partial charge is 0.465 e. The van der Waals surface area contributed by atoms with Gasteiger partial charge in [0, 0.05) is 4.47 Å². The van der Waals surface area contributed by atoms with Gasteiger partial charge >= 0.3 is 5.97 Å². The highest BCUT2D eigenvalue weighted by Crippen LogP contribution is 2.23. The van der Waals surface area contributed by atoms with Crippen LogP contribution < -0.4 is 0 Å². The molecule has 1 aromatic heterocycles. The number of ether oxygens (including phenoxy) is 1. The van der Waals surface area contributed by atoms with Crippen LogP contribution in [0.3, 0.4) is 0 Å². The highest BCUT2D eigenvalue weighted by molar-refractivity contribution is 9.10. The van der Waals surface area contributed by atoms with E-state index in [0.717, 1.165) is 4.47 Å². The molecule has 2 aromatic rings. The van der Waals surface area contributed by atoms with E-state index in [0.29, 0.717) is 16.6 Å². The Morgan fingerprint density at radius 2 is 2.25 bits per heavy atom. The maximum atomic E-state index is 11.5. The fraction of sp³-hybridized carbons (Fsp3) is 0.100. The van der Waals surface area contributed by atoms with Crippen molar-refractivity contribution in [2.45, 2.75) is 0 Å². The van der Waals surface area contributed by atoms with E-state index in [-0.39, 0.29) is 5.15 Å². The van der Waals surface area contributed by atoms with Crippen molar-refractivity contribution in [2.75, 3.05) is 7.11 Å². The molecule has 6 heteroatoms. The average molecular weight is 302 g/mol. The van der Waals surface area contributed by atoms with E-state index in [2.05, 4.69) is 30.6 Å². The Labute approximate surface area is 105 Å². The number of benzene rings is 1. The number of aromatic nitrogens is 2. The number of nitrogens with zero attached hydrogens (tertiary/aromatic N) is 2. The Hall–Kier alpha value is -1.20. The van der Waals surface area contributed by atoms with Crippen LogP contribution in [0.25, 0.3) is 11.0 Å².